The zero-order valence-corrected chi connectivity index (χ0v) is 10.3. The predicted octanol–water partition coefficient (Wildman–Crippen LogP) is 1.05. The molecule has 1 atom stereocenters. The van der Waals surface area contributed by atoms with E-state index in [2.05, 4.69) is 12.2 Å². The Morgan fingerprint density at radius 3 is 2.40 bits per heavy atom. The normalized spacial score (nSPS) is 13.0. The molecule has 0 saturated carbocycles. The molecule has 0 aromatic carbocycles. The van der Waals surface area contributed by atoms with Crippen LogP contribution in [0.5, 0.6) is 0 Å². The first-order valence-electron chi connectivity index (χ1n) is 5.72. The number of hydrogen-bond donors (Lipinski definition) is 1. The summed E-state index contributed by atoms with van der Waals surface area (Å²) in [7, 11) is 1.68. The van der Waals surface area contributed by atoms with Gasteiger partial charge in [0.15, 0.2) is 0 Å². The molecule has 4 nitrogen and oxygen atoms in total. The highest BCUT2D eigenvalue weighted by atomic mass is 16.5. The van der Waals surface area contributed by atoms with Crippen LogP contribution in [0.1, 0.15) is 20.3 Å². The molecule has 0 aliphatic carbocycles. The van der Waals surface area contributed by atoms with Crippen molar-refractivity contribution in [3.63, 3.8) is 0 Å². The zero-order valence-electron chi connectivity index (χ0n) is 10.3. The minimum Gasteiger partial charge on any atom is -0.382 e. The first kappa shape index (κ1) is 14.8. The van der Waals surface area contributed by atoms with Crippen molar-refractivity contribution in [3.8, 4) is 0 Å². The lowest BCUT2D eigenvalue weighted by Gasteiger charge is -2.18. The standard InChI is InChI=1S/C11H25NO3/c1-4-6-12-11(9-14-5-2)10-15-8-7-13-3/h11-12H,4-10H2,1-3H3. The molecule has 0 aromatic heterocycles. The first-order chi connectivity index (χ1) is 7.35. The monoisotopic (exact) mass is 219 g/mol. The Labute approximate surface area is 93.3 Å². The molecule has 0 aliphatic rings. The van der Waals surface area contributed by atoms with E-state index < -0.39 is 0 Å². The second kappa shape index (κ2) is 11.9. The van der Waals surface area contributed by atoms with Gasteiger partial charge in [0.05, 0.1) is 32.5 Å². The minimum atomic E-state index is 0.293. The molecule has 0 radical (unpaired) electrons. The summed E-state index contributed by atoms with van der Waals surface area (Å²) in [4.78, 5) is 0. The van der Waals surface area contributed by atoms with Gasteiger partial charge in [-0.1, -0.05) is 6.92 Å². The maximum Gasteiger partial charge on any atom is 0.0701 e. The molecule has 0 rings (SSSR count). The minimum absolute atomic E-state index is 0.293. The maximum absolute atomic E-state index is 5.46. The van der Waals surface area contributed by atoms with Crippen LogP contribution in [0, 0.1) is 0 Å². The van der Waals surface area contributed by atoms with Crippen molar-refractivity contribution in [2.24, 2.45) is 0 Å². The van der Waals surface area contributed by atoms with E-state index in [1.807, 2.05) is 6.92 Å². The molecule has 1 N–H and O–H groups in total. The highest BCUT2D eigenvalue weighted by Gasteiger charge is 2.07. The Morgan fingerprint density at radius 1 is 1.07 bits per heavy atom. The number of ether oxygens (including phenoxy) is 3. The Kier molecular flexibility index (Phi) is 11.8. The van der Waals surface area contributed by atoms with Crippen molar-refractivity contribution in [1.29, 1.82) is 0 Å². The van der Waals surface area contributed by atoms with Crippen molar-refractivity contribution in [1.82, 2.24) is 5.32 Å². The fraction of sp³-hybridized carbons (Fsp3) is 1.00. The molecule has 92 valence electrons. The van der Waals surface area contributed by atoms with Gasteiger partial charge in [0.1, 0.15) is 0 Å². The second-order valence-electron chi connectivity index (χ2n) is 3.38. The van der Waals surface area contributed by atoms with E-state index in [4.69, 9.17) is 14.2 Å². The number of nitrogens with one attached hydrogen (secondary N) is 1. The summed E-state index contributed by atoms with van der Waals surface area (Å²) in [6.07, 6.45) is 1.13. The third-order valence-corrected chi connectivity index (χ3v) is 1.96. The molecule has 1 unspecified atom stereocenters. The van der Waals surface area contributed by atoms with Crippen LogP contribution in [0.3, 0.4) is 0 Å². The van der Waals surface area contributed by atoms with Crippen LogP contribution in [0.25, 0.3) is 0 Å². The van der Waals surface area contributed by atoms with Gasteiger partial charge in [0.25, 0.3) is 0 Å². The van der Waals surface area contributed by atoms with E-state index in [-0.39, 0.29) is 0 Å². The summed E-state index contributed by atoms with van der Waals surface area (Å²) in [6.45, 7) is 8.60. The van der Waals surface area contributed by atoms with E-state index in [9.17, 15) is 0 Å². The molecule has 15 heavy (non-hydrogen) atoms. The summed E-state index contributed by atoms with van der Waals surface area (Å²) >= 11 is 0. The molecule has 0 saturated heterocycles. The average molecular weight is 219 g/mol. The van der Waals surface area contributed by atoms with Crippen molar-refractivity contribution in [2.75, 3.05) is 46.7 Å². The van der Waals surface area contributed by atoms with Crippen LogP contribution >= 0.6 is 0 Å². The first-order valence-corrected chi connectivity index (χ1v) is 5.72. The smallest absolute Gasteiger partial charge is 0.0701 e. The van der Waals surface area contributed by atoms with Crippen LogP contribution in [-0.2, 0) is 14.2 Å². The molecule has 0 aliphatic heterocycles. The van der Waals surface area contributed by atoms with E-state index in [0.717, 1.165) is 19.6 Å². The third kappa shape index (κ3) is 10.1. The van der Waals surface area contributed by atoms with Crippen LogP contribution in [0.4, 0.5) is 0 Å². The van der Waals surface area contributed by atoms with E-state index in [1.165, 1.54) is 0 Å². The molecule has 0 amide bonds. The van der Waals surface area contributed by atoms with Gasteiger partial charge in [-0.3, -0.25) is 0 Å². The van der Waals surface area contributed by atoms with Crippen molar-refractivity contribution in [2.45, 2.75) is 26.3 Å². The van der Waals surface area contributed by atoms with Gasteiger partial charge in [0.2, 0.25) is 0 Å². The Bertz CT molecular complexity index is 114. The lowest BCUT2D eigenvalue weighted by atomic mass is 10.3. The zero-order chi connectivity index (χ0) is 11.4. The molecule has 0 aromatic rings. The largest absolute Gasteiger partial charge is 0.382 e. The Hall–Kier alpha value is -0.160. The average Bonchev–Trinajstić information content (AvgIpc) is 2.27. The van der Waals surface area contributed by atoms with Crippen LogP contribution < -0.4 is 5.32 Å². The lowest BCUT2D eigenvalue weighted by molar-refractivity contribution is 0.0349. The quantitative estimate of drug-likeness (QED) is 0.527. The fourth-order valence-corrected chi connectivity index (χ4v) is 1.14. The molecular formula is C11H25NO3. The molecule has 0 bridgehead atoms. The number of hydrogen-bond acceptors (Lipinski definition) is 4. The van der Waals surface area contributed by atoms with Crippen molar-refractivity contribution in [3.05, 3.63) is 0 Å². The van der Waals surface area contributed by atoms with E-state index in [1.54, 1.807) is 7.11 Å². The summed E-state index contributed by atoms with van der Waals surface area (Å²) in [5.41, 5.74) is 0. The topological polar surface area (TPSA) is 39.7 Å². The van der Waals surface area contributed by atoms with E-state index in [0.29, 0.717) is 32.5 Å². The molecule has 0 heterocycles. The van der Waals surface area contributed by atoms with Gasteiger partial charge < -0.3 is 19.5 Å². The second-order valence-corrected chi connectivity index (χ2v) is 3.38. The summed E-state index contributed by atoms with van der Waals surface area (Å²) in [6, 6.07) is 0.293. The Balaban J connectivity index is 3.49. The van der Waals surface area contributed by atoms with Crippen molar-refractivity contribution < 1.29 is 14.2 Å². The van der Waals surface area contributed by atoms with Gasteiger partial charge in [-0.15, -0.1) is 0 Å². The van der Waals surface area contributed by atoms with Gasteiger partial charge in [-0.05, 0) is 19.9 Å². The summed E-state index contributed by atoms with van der Waals surface area (Å²) in [5, 5.41) is 3.39. The molecular weight excluding hydrogens is 194 g/mol. The van der Waals surface area contributed by atoms with Crippen molar-refractivity contribution >= 4 is 0 Å². The predicted molar refractivity (Wildman–Crippen MR) is 61.3 cm³/mol. The fourth-order valence-electron chi connectivity index (χ4n) is 1.14. The Morgan fingerprint density at radius 2 is 1.80 bits per heavy atom. The lowest BCUT2D eigenvalue weighted by Crippen LogP contribution is -2.38. The van der Waals surface area contributed by atoms with Gasteiger partial charge in [-0.2, -0.15) is 0 Å². The number of rotatable bonds is 11. The molecule has 4 heteroatoms. The van der Waals surface area contributed by atoms with Crippen LogP contribution in [0.15, 0.2) is 0 Å². The molecule has 0 fully saturated rings. The maximum atomic E-state index is 5.46. The van der Waals surface area contributed by atoms with Crippen LogP contribution in [0.2, 0.25) is 0 Å². The SMILES string of the molecule is CCCNC(COCC)COCCOC. The van der Waals surface area contributed by atoms with E-state index >= 15 is 0 Å². The molecule has 0 spiro atoms. The number of methoxy groups -OCH3 is 1. The third-order valence-electron chi connectivity index (χ3n) is 1.96. The summed E-state index contributed by atoms with van der Waals surface area (Å²) in [5.74, 6) is 0. The van der Waals surface area contributed by atoms with Gasteiger partial charge in [-0.25, -0.2) is 0 Å². The van der Waals surface area contributed by atoms with Crippen LogP contribution in [-0.4, -0.2) is 52.7 Å². The summed E-state index contributed by atoms with van der Waals surface area (Å²) < 4.78 is 15.7. The van der Waals surface area contributed by atoms with Gasteiger partial charge in [0, 0.05) is 13.7 Å². The highest BCUT2D eigenvalue weighted by Crippen LogP contribution is 1.90. The highest BCUT2D eigenvalue weighted by molar-refractivity contribution is 4.64. The van der Waals surface area contributed by atoms with Gasteiger partial charge >= 0.3 is 0 Å².